The quantitative estimate of drug-likeness (QED) is 0.732. The lowest BCUT2D eigenvalue weighted by atomic mass is 10.2. The van der Waals surface area contributed by atoms with Crippen molar-refractivity contribution in [2.45, 2.75) is 18.9 Å². The molecule has 1 aromatic heterocycles. The molecule has 16 heavy (non-hydrogen) atoms. The van der Waals surface area contributed by atoms with Crippen LogP contribution >= 0.6 is 0 Å². The highest BCUT2D eigenvalue weighted by Gasteiger charge is 2.21. The molecule has 2 rings (SSSR count). The summed E-state index contributed by atoms with van der Waals surface area (Å²) >= 11 is 0. The van der Waals surface area contributed by atoms with Crippen LogP contribution in [0.1, 0.15) is 35.2 Å². The van der Waals surface area contributed by atoms with E-state index in [4.69, 9.17) is 4.84 Å². The maximum absolute atomic E-state index is 11.7. The average molecular weight is 224 g/mol. The lowest BCUT2D eigenvalue weighted by Crippen LogP contribution is -2.25. The number of carbonyl (C=O) groups excluding carboxylic acids is 1. The van der Waals surface area contributed by atoms with Crippen molar-refractivity contribution in [2.75, 3.05) is 20.7 Å². The first-order valence-corrected chi connectivity index (χ1v) is 5.33. The largest absolute Gasteiger partial charge is 0.337 e. The van der Waals surface area contributed by atoms with Crippen molar-refractivity contribution in [1.29, 1.82) is 0 Å². The van der Waals surface area contributed by atoms with Crippen molar-refractivity contribution >= 4 is 5.91 Å². The molecule has 1 aliphatic heterocycles. The molecular formula is C10H16N4O2. The monoisotopic (exact) mass is 224 g/mol. The van der Waals surface area contributed by atoms with E-state index >= 15 is 0 Å². The lowest BCUT2D eigenvalue weighted by molar-refractivity contribution is -0.0760. The maximum atomic E-state index is 11.7. The van der Waals surface area contributed by atoms with Crippen molar-refractivity contribution in [3.05, 3.63) is 17.7 Å². The van der Waals surface area contributed by atoms with Crippen LogP contribution in [0.2, 0.25) is 0 Å². The van der Waals surface area contributed by atoms with Crippen molar-refractivity contribution < 1.29 is 9.63 Å². The first-order chi connectivity index (χ1) is 7.72. The number of nitrogens with one attached hydrogen (secondary N) is 2. The number of nitrogens with zero attached hydrogens (tertiary/aromatic N) is 2. The number of H-pyrrole nitrogens is 1. The van der Waals surface area contributed by atoms with Crippen LogP contribution in [0.25, 0.3) is 0 Å². The van der Waals surface area contributed by atoms with Crippen molar-refractivity contribution in [2.24, 2.45) is 0 Å². The van der Waals surface area contributed by atoms with Crippen LogP contribution in [-0.4, -0.2) is 41.6 Å². The van der Waals surface area contributed by atoms with Gasteiger partial charge in [-0.05, 0) is 19.4 Å². The smallest absolute Gasteiger partial charge is 0.295 e. The summed E-state index contributed by atoms with van der Waals surface area (Å²) in [6.07, 6.45) is 3.75. The fraction of sp³-hybridized carbons (Fsp3) is 0.600. The van der Waals surface area contributed by atoms with Crippen LogP contribution in [0.15, 0.2) is 6.20 Å². The Bertz CT molecular complexity index is 371. The number of aromatic amines is 1. The number of imidazole rings is 1. The van der Waals surface area contributed by atoms with Gasteiger partial charge in [-0.25, -0.2) is 10.0 Å². The first kappa shape index (κ1) is 11.1. The molecule has 0 aromatic carbocycles. The van der Waals surface area contributed by atoms with E-state index in [-0.39, 0.29) is 11.9 Å². The fourth-order valence-electron chi connectivity index (χ4n) is 1.79. The molecule has 0 radical (unpaired) electrons. The van der Waals surface area contributed by atoms with E-state index in [1.807, 2.05) is 0 Å². The highest BCUT2D eigenvalue weighted by atomic mass is 16.7. The molecular weight excluding hydrogens is 208 g/mol. The Labute approximate surface area is 93.9 Å². The SMILES string of the molecule is CON(C)C(=O)c1cnc([C@@H]2CCCN2)[nH]1. The number of rotatable bonds is 3. The van der Waals surface area contributed by atoms with Gasteiger partial charge in [-0.15, -0.1) is 0 Å². The Morgan fingerprint density at radius 1 is 1.69 bits per heavy atom. The van der Waals surface area contributed by atoms with Gasteiger partial charge in [0.15, 0.2) is 0 Å². The Hall–Kier alpha value is -1.40. The normalized spacial score (nSPS) is 20.0. The summed E-state index contributed by atoms with van der Waals surface area (Å²) in [4.78, 5) is 23.8. The Kier molecular flexibility index (Phi) is 3.21. The van der Waals surface area contributed by atoms with Gasteiger partial charge in [-0.3, -0.25) is 9.63 Å². The molecule has 6 nitrogen and oxygen atoms in total. The maximum Gasteiger partial charge on any atom is 0.295 e. The summed E-state index contributed by atoms with van der Waals surface area (Å²) in [6, 6.07) is 0.245. The number of hydrogen-bond acceptors (Lipinski definition) is 4. The highest BCUT2D eigenvalue weighted by molar-refractivity contribution is 5.91. The van der Waals surface area contributed by atoms with Crippen LogP contribution in [-0.2, 0) is 4.84 Å². The zero-order valence-electron chi connectivity index (χ0n) is 9.49. The van der Waals surface area contributed by atoms with E-state index in [9.17, 15) is 4.79 Å². The lowest BCUT2D eigenvalue weighted by Gasteiger charge is -2.11. The summed E-state index contributed by atoms with van der Waals surface area (Å²) < 4.78 is 0. The second kappa shape index (κ2) is 4.63. The second-order valence-corrected chi connectivity index (χ2v) is 3.82. The number of hydrogen-bond donors (Lipinski definition) is 2. The number of amides is 1. The van der Waals surface area contributed by atoms with E-state index in [1.54, 1.807) is 13.2 Å². The van der Waals surface area contributed by atoms with Gasteiger partial charge in [0.05, 0.1) is 19.3 Å². The van der Waals surface area contributed by atoms with Crippen molar-refractivity contribution in [1.82, 2.24) is 20.3 Å². The zero-order valence-corrected chi connectivity index (χ0v) is 9.49. The van der Waals surface area contributed by atoms with E-state index in [0.29, 0.717) is 5.69 Å². The number of carbonyl (C=O) groups is 1. The predicted octanol–water partition coefficient (Wildman–Crippen LogP) is 0.468. The molecule has 1 amide bonds. The van der Waals surface area contributed by atoms with Crippen LogP contribution in [0.3, 0.4) is 0 Å². The van der Waals surface area contributed by atoms with Crippen molar-refractivity contribution in [3.63, 3.8) is 0 Å². The predicted molar refractivity (Wildman–Crippen MR) is 57.7 cm³/mol. The molecule has 1 saturated heterocycles. The van der Waals surface area contributed by atoms with Crippen LogP contribution < -0.4 is 5.32 Å². The van der Waals surface area contributed by atoms with Gasteiger partial charge in [-0.2, -0.15) is 0 Å². The summed E-state index contributed by atoms with van der Waals surface area (Å²) in [5.74, 6) is 0.601. The zero-order chi connectivity index (χ0) is 11.5. The van der Waals surface area contributed by atoms with E-state index in [2.05, 4.69) is 15.3 Å². The Balaban J connectivity index is 2.09. The van der Waals surface area contributed by atoms with Crippen LogP contribution in [0.4, 0.5) is 0 Å². The second-order valence-electron chi connectivity index (χ2n) is 3.82. The number of aromatic nitrogens is 2. The topological polar surface area (TPSA) is 70.2 Å². The van der Waals surface area contributed by atoms with Crippen LogP contribution in [0.5, 0.6) is 0 Å². The third-order valence-corrected chi connectivity index (χ3v) is 2.78. The van der Waals surface area contributed by atoms with E-state index in [0.717, 1.165) is 25.2 Å². The summed E-state index contributed by atoms with van der Waals surface area (Å²) in [6.45, 7) is 1.01. The average Bonchev–Trinajstić information content (AvgIpc) is 2.96. The van der Waals surface area contributed by atoms with Gasteiger partial charge in [-0.1, -0.05) is 0 Å². The molecule has 1 atom stereocenters. The van der Waals surface area contributed by atoms with Gasteiger partial charge in [0, 0.05) is 7.05 Å². The van der Waals surface area contributed by atoms with Gasteiger partial charge >= 0.3 is 0 Å². The van der Waals surface area contributed by atoms with E-state index in [1.165, 1.54) is 12.2 Å². The minimum absolute atomic E-state index is 0.223. The molecule has 6 heteroatoms. The van der Waals surface area contributed by atoms with Gasteiger partial charge < -0.3 is 10.3 Å². The molecule has 0 saturated carbocycles. The summed E-state index contributed by atoms with van der Waals surface area (Å²) in [7, 11) is 3.02. The molecule has 1 fully saturated rings. The number of hydroxylamine groups is 2. The highest BCUT2D eigenvalue weighted by Crippen LogP contribution is 2.20. The Morgan fingerprint density at radius 3 is 3.12 bits per heavy atom. The van der Waals surface area contributed by atoms with Gasteiger partial charge in [0.2, 0.25) is 0 Å². The summed E-state index contributed by atoms with van der Waals surface area (Å²) in [5, 5.41) is 4.48. The van der Waals surface area contributed by atoms with Crippen molar-refractivity contribution in [3.8, 4) is 0 Å². The minimum atomic E-state index is -0.223. The van der Waals surface area contributed by atoms with Gasteiger partial charge in [0.1, 0.15) is 11.5 Å². The molecule has 1 aromatic rings. The molecule has 0 aliphatic carbocycles. The third-order valence-electron chi connectivity index (χ3n) is 2.78. The van der Waals surface area contributed by atoms with E-state index < -0.39 is 0 Å². The molecule has 2 heterocycles. The standard InChI is InChI=1S/C10H16N4O2/c1-14(16-2)10(15)8-6-12-9(13-8)7-4-3-5-11-7/h6-7,11H,3-5H2,1-2H3,(H,12,13)/t7-/m0/s1. The first-order valence-electron chi connectivity index (χ1n) is 5.33. The molecule has 0 spiro atoms. The Morgan fingerprint density at radius 2 is 2.50 bits per heavy atom. The van der Waals surface area contributed by atoms with Gasteiger partial charge in [0.25, 0.3) is 5.91 Å². The third kappa shape index (κ3) is 2.07. The molecule has 0 bridgehead atoms. The molecule has 2 N–H and O–H groups in total. The molecule has 1 aliphatic rings. The fourth-order valence-corrected chi connectivity index (χ4v) is 1.79. The summed E-state index contributed by atoms with van der Waals surface area (Å²) in [5.41, 5.74) is 0.452. The molecule has 88 valence electrons. The molecule has 0 unspecified atom stereocenters. The minimum Gasteiger partial charge on any atom is -0.337 e. The van der Waals surface area contributed by atoms with Crippen LogP contribution in [0, 0.1) is 0 Å².